The minimum atomic E-state index is -1.31. The van der Waals surface area contributed by atoms with Gasteiger partial charge in [-0.1, -0.05) is 11.5 Å². The summed E-state index contributed by atoms with van der Waals surface area (Å²) in [6.07, 6.45) is 0. The van der Waals surface area contributed by atoms with Gasteiger partial charge in [0.25, 0.3) is 0 Å². The summed E-state index contributed by atoms with van der Waals surface area (Å²) in [6, 6.07) is 3.60. The van der Waals surface area contributed by atoms with Gasteiger partial charge in [0.05, 0.1) is 24.5 Å². The zero-order valence-electron chi connectivity index (χ0n) is 17.0. The van der Waals surface area contributed by atoms with Gasteiger partial charge in [0, 0.05) is 11.3 Å². The average molecular weight is 417 g/mol. The van der Waals surface area contributed by atoms with E-state index >= 15 is 0 Å². The maximum absolute atomic E-state index is 12.4. The van der Waals surface area contributed by atoms with Crippen molar-refractivity contribution in [3.63, 3.8) is 0 Å². The number of rotatable bonds is 3. The predicted molar refractivity (Wildman–Crippen MR) is 89.1 cm³/mol. The fourth-order valence-corrected chi connectivity index (χ4v) is 2.54. The molecule has 29 heavy (non-hydrogen) atoms. The molecular weight excluding hydrogens is 400 g/mol. The number of aryl methyl sites for hydroxylation is 1. The number of aromatic nitrogens is 1. The van der Waals surface area contributed by atoms with Crippen LogP contribution < -0.4 is 69.3 Å². The molecule has 0 saturated heterocycles. The van der Waals surface area contributed by atoms with Crippen molar-refractivity contribution in [3.05, 3.63) is 40.6 Å². The van der Waals surface area contributed by atoms with Crippen molar-refractivity contribution in [2.24, 2.45) is 10.2 Å². The number of hydrogen-bond donors (Lipinski definition) is 1. The number of fused-ring (bicyclic) bond motifs is 1. The molecule has 1 aliphatic rings. The van der Waals surface area contributed by atoms with E-state index in [1.54, 1.807) is 20.8 Å². The Morgan fingerprint density at radius 2 is 1.76 bits per heavy atom. The van der Waals surface area contributed by atoms with Gasteiger partial charge >= 0.3 is 65.1 Å². The molecule has 1 aliphatic heterocycles. The van der Waals surface area contributed by atoms with Crippen LogP contribution in [0.5, 0.6) is 11.5 Å². The second kappa shape index (κ2) is 10.3. The largest absolute Gasteiger partial charge is 1.00 e. The zero-order valence-corrected chi connectivity index (χ0v) is 21.0. The molecule has 142 valence electrons. The molecule has 1 aromatic heterocycles. The van der Waals surface area contributed by atoms with Gasteiger partial charge in [-0.2, -0.15) is 0 Å². The van der Waals surface area contributed by atoms with Crippen LogP contribution in [-0.4, -0.2) is 21.8 Å². The van der Waals surface area contributed by atoms with E-state index in [1.165, 1.54) is 12.1 Å². The molecule has 2 heterocycles. The Labute approximate surface area is 211 Å². The first-order valence-electron chi connectivity index (χ1n) is 8.11. The summed E-state index contributed by atoms with van der Waals surface area (Å²) in [4.78, 5) is 15.1. The van der Waals surface area contributed by atoms with E-state index in [-0.39, 0.29) is 101 Å². The standard InChI is InChI=1S/C18H19N3O6.2Na/c1-9-15(23)12-7-26-18(2,3)27-8-13(12)16(19-9)21-20-10-4-5-11(17(24)25)14(22)6-10;;/h4-6,22-23H,7-8H2,1-3H3,(H,24,25);;/q;2*+1/p-2. The van der Waals surface area contributed by atoms with Crippen LogP contribution >= 0.6 is 0 Å². The molecule has 0 aliphatic carbocycles. The fourth-order valence-electron chi connectivity index (χ4n) is 2.54. The molecule has 0 bridgehead atoms. The van der Waals surface area contributed by atoms with Crippen LogP contribution in [0, 0.1) is 6.92 Å². The third-order valence-electron chi connectivity index (χ3n) is 4.09. The number of carboxylic acids is 1. The van der Waals surface area contributed by atoms with Crippen molar-refractivity contribution in [1.29, 1.82) is 0 Å². The monoisotopic (exact) mass is 417 g/mol. The van der Waals surface area contributed by atoms with Crippen molar-refractivity contribution in [2.75, 3.05) is 0 Å². The van der Waals surface area contributed by atoms with Crippen molar-refractivity contribution < 1.29 is 88.7 Å². The van der Waals surface area contributed by atoms with E-state index < -0.39 is 17.5 Å². The summed E-state index contributed by atoms with van der Waals surface area (Å²) in [7, 11) is 0. The first-order chi connectivity index (χ1) is 12.7. The van der Waals surface area contributed by atoms with Gasteiger partial charge in [-0.15, -0.1) is 10.2 Å². The summed E-state index contributed by atoms with van der Waals surface area (Å²) in [5, 5.41) is 41.1. The van der Waals surface area contributed by atoms with E-state index in [0.29, 0.717) is 11.1 Å². The van der Waals surface area contributed by atoms with E-state index in [4.69, 9.17) is 14.6 Å². The molecule has 0 atom stereocenters. The third-order valence-corrected chi connectivity index (χ3v) is 4.09. The number of carbonyl (C=O) groups is 1. The molecular formula is C18H17N3Na2O6. The van der Waals surface area contributed by atoms with Gasteiger partial charge in [0.2, 0.25) is 0 Å². The van der Waals surface area contributed by atoms with Crippen LogP contribution in [-0.2, 0) is 22.7 Å². The molecule has 0 unspecified atom stereocenters. The third kappa shape index (κ3) is 5.99. The Balaban J connectivity index is 0.00000210. The van der Waals surface area contributed by atoms with Gasteiger partial charge in [-0.3, -0.25) is 0 Å². The van der Waals surface area contributed by atoms with E-state index in [9.17, 15) is 15.0 Å². The number of azo groups is 1. The summed E-state index contributed by atoms with van der Waals surface area (Å²) in [5.74, 6) is -2.89. The molecule has 0 spiro atoms. The molecule has 1 N–H and O–H groups in total. The minimum Gasteiger partial charge on any atom is -0.872 e. The number of carboxylic acid groups (broad SMARTS) is 1. The predicted octanol–water partition coefficient (Wildman–Crippen LogP) is -3.56. The maximum atomic E-state index is 12.4. The maximum Gasteiger partial charge on any atom is 1.00 e. The quantitative estimate of drug-likeness (QED) is 0.403. The summed E-state index contributed by atoms with van der Waals surface area (Å²) < 4.78 is 11.2. The van der Waals surface area contributed by atoms with E-state index in [0.717, 1.165) is 6.07 Å². The SMILES string of the molecule is Cc1nc(N=Nc2ccc(C(=O)O)c([O-])c2)c2c(c1[O-])COC(C)(C)OC2.[Na+].[Na+]. The van der Waals surface area contributed by atoms with Gasteiger partial charge < -0.3 is 24.8 Å². The molecule has 0 amide bonds. The second-order valence-corrected chi connectivity index (χ2v) is 6.47. The Morgan fingerprint density at radius 3 is 2.34 bits per heavy atom. The van der Waals surface area contributed by atoms with Crippen LogP contribution in [0.15, 0.2) is 28.4 Å². The van der Waals surface area contributed by atoms with Crippen molar-refractivity contribution in [2.45, 2.75) is 39.8 Å². The Morgan fingerprint density at radius 1 is 1.14 bits per heavy atom. The number of hydrogen-bond acceptors (Lipinski definition) is 8. The van der Waals surface area contributed by atoms with E-state index in [2.05, 4.69) is 15.2 Å². The average Bonchev–Trinajstić information content (AvgIpc) is 2.75. The molecule has 11 heteroatoms. The molecule has 9 nitrogen and oxygen atoms in total. The number of nitrogens with zero attached hydrogens (tertiary/aromatic N) is 3. The van der Waals surface area contributed by atoms with Crippen LogP contribution in [0.1, 0.15) is 41.0 Å². The topological polar surface area (TPSA) is 139 Å². The van der Waals surface area contributed by atoms with Gasteiger partial charge in [-0.25, -0.2) is 9.78 Å². The fraction of sp³-hybridized carbons (Fsp3) is 0.333. The smallest absolute Gasteiger partial charge is 0.872 e. The van der Waals surface area contributed by atoms with Crippen molar-refractivity contribution in [1.82, 2.24) is 4.98 Å². The molecule has 0 saturated carbocycles. The molecule has 0 fully saturated rings. The first-order valence-corrected chi connectivity index (χ1v) is 8.11. The first kappa shape index (κ1) is 26.0. The number of aromatic carboxylic acids is 1. The van der Waals surface area contributed by atoms with Gasteiger partial charge in [0.1, 0.15) is 0 Å². The Kier molecular flexibility index (Phi) is 9.25. The van der Waals surface area contributed by atoms with Crippen LogP contribution in [0.3, 0.4) is 0 Å². The molecule has 3 rings (SSSR count). The number of pyridine rings is 1. The van der Waals surface area contributed by atoms with Crippen molar-refractivity contribution in [3.8, 4) is 11.5 Å². The molecule has 2 aromatic rings. The summed E-state index contributed by atoms with van der Waals surface area (Å²) >= 11 is 0. The second-order valence-electron chi connectivity index (χ2n) is 6.47. The number of benzene rings is 1. The minimum absolute atomic E-state index is 0. The van der Waals surface area contributed by atoms with Crippen LogP contribution in [0.4, 0.5) is 11.5 Å². The number of ether oxygens (including phenoxy) is 2. The van der Waals surface area contributed by atoms with Gasteiger partial charge in [0.15, 0.2) is 11.6 Å². The van der Waals surface area contributed by atoms with Crippen LogP contribution in [0.2, 0.25) is 0 Å². The van der Waals surface area contributed by atoms with Crippen molar-refractivity contribution >= 4 is 17.5 Å². The summed E-state index contributed by atoms with van der Waals surface area (Å²) in [5.41, 5.74) is 0.963. The molecule has 0 radical (unpaired) electrons. The zero-order chi connectivity index (χ0) is 19.8. The Bertz CT molecular complexity index is 950. The normalized spacial score (nSPS) is 15.0. The Hall–Kier alpha value is -1.04. The van der Waals surface area contributed by atoms with Crippen LogP contribution in [0.25, 0.3) is 0 Å². The van der Waals surface area contributed by atoms with E-state index in [1.807, 2.05) is 0 Å². The van der Waals surface area contributed by atoms with Gasteiger partial charge in [-0.05, 0) is 44.5 Å². The summed E-state index contributed by atoms with van der Waals surface area (Å²) in [6.45, 7) is 5.18. The molecule has 1 aromatic carbocycles.